The number of fused-ring (bicyclic) bond motifs is 1. The van der Waals surface area contributed by atoms with Gasteiger partial charge in [0.25, 0.3) is 0 Å². The lowest BCUT2D eigenvalue weighted by molar-refractivity contribution is -0.139. The maximum Gasteiger partial charge on any atom is 0.321 e. The van der Waals surface area contributed by atoms with Gasteiger partial charge in [-0.3, -0.25) is 4.79 Å². The number of carboxylic acids is 1. The van der Waals surface area contributed by atoms with E-state index in [1.165, 1.54) is 0 Å². The minimum atomic E-state index is -0.937. The molecule has 1 aliphatic rings. The molecule has 0 amide bonds. The van der Waals surface area contributed by atoms with E-state index in [1.807, 2.05) is 19.1 Å². The van der Waals surface area contributed by atoms with Crippen molar-refractivity contribution in [3.8, 4) is 28.7 Å². The van der Waals surface area contributed by atoms with Gasteiger partial charge in [-0.1, -0.05) is 6.07 Å². The third kappa shape index (κ3) is 4.83. The van der Waals surface area contributed by atoms with Gasteiger partial charge in [-0.15, -0.1) is 0 Å². The third-order valence-electron chi connectivity index (χ3n) is 4.54. The van der Waals surface area contributed by atoms with Crippen LogP contribution in [0.3, 0.4) is 0 Å². The summed E-state index contributed by atoms with van der Waals surface area (Å²) in [5.74, 6) is 1.95. The quantitative estimate of drug-likeness (QED) is 0.625. The molecule has 0 saturated heterocycles. The first-order chi connectivity index (χ1) is 14.0. The fourth-order valence-electron chi connectivity index (χ4n) is 3.11. The second-order valence-electron chi connectivity index (χ2n) is 6.43. The lowest BCUT2D eigenvalue weighted by atomic mass is 10.0. The van der Waals surface area contributed by atoms with E-state index < -0.39 is 12.0 Å². The van der Waals surface area contributed by atoms with Crippen LogP contribution in [0.4, 0.5) is 0 Å². The molecule has 1 heterocycles. The molecule has 0 saturated carbocycles. The lowest BCUT2D eigenvalue weighted by Gasteiger charge is -2.18. The van der Waals surface area contributed by atoms with Crippen LogP contribution in [0.5, 0.6) is 28.7 Å². The summed E-state index contributed by atoms with van der Waals surface area (Å²) in [4.78, 5) is 11.8. The molecular formula is C21H25NO7. The third-order valence-corrected chi connectivity index (χ3v) is 4.54. The number of nitrogens with one attached hydrogen (secondary N) is 1. The minimum Gasteiger partial charge on any atom is -0.493 e. The van der Waals surface area contributed by atoms with Gasteiger partial charge in [0.1, 0.15) is 6.04 Å². The summed E-state index contributed by atoms with van der Waals surface area (Å²) in [7, 11) is 3.10. The van der Waals surface area contributed by atoms with Crippen molar-refractivity contribution in [2.75, 3.05) is 27.6 Å². The lowest BCUT2D eigenvalue weighted by Crippen LogP contribution is -2.38. The molecule has 0 spiro atoms. The average molecular weight is 403 g/mol. The Hall–Kier alpha value is -3.13. The Morgan fingerprint density at radius 2 is 1.79 bits per heavy atom. The van der Waals surface area contributed by atoms with E-state index in [2.05, 4.69) is 5.32 Å². The second-order valence-corrected chi connectivity index (χ2v) is 6.43. The molecule has 3 rings (SSSR count). The van der Waals surface area contributed by atoms with Crippen LogP contribution in [0.1, 0.15) is 18.1 Å². The second kappa shape index (κ2) is 9.38. The molecule has 8 nitrogen and oxygen atoms in total. The predicted octanol–water partition coefficient (Wildman–Crippen LogP) is 2.62. The van der Waals surface area contributed by atoms with E-state index in [1.54, 1.807) is 32.4 Å². The summed E-state index contributed by atoms with van der Waals surface area (Å²) < 4.78 is 27.1. The van der Waals surface area contributed by atoms with Crippen molar-refractivity contribution in [1.29, 1.82) is 0 Å². The van der Waals surface area contributed by atoms with Gasteiger partial charge in [0.2, 0.25) is 12.5 Å². The number of aliphatic carboxylic acids is 1. The maximum atomic E-state index is 11.8. The number of benzene rings is 2. The van der Waals surface area contributed by atoms with Crippen LogP contribution in [0, 0.1) is 0 Å². The fourth-order valence-corrected chi connectivity index (χ4v) is 3.11. The Morgan fingerprint density at radius 3 is 2.41 bits per heavy atom. The van der Waals surface area contributed by atoms with Crippen LogP contribution < -0.4 is 29.0 Å². The van der Waals surface area contributed by atoms with Crippen LogP contribution in [-0.4, -0.2) is 44.7 Å². The molecule has 2 aromatic carbocycles. The van der Waals surface area contributed by atoms with E-state index in [0.717, 1.165) is 11.1 Å². The summed E-state index contributed by atoms with van der Waals surface area (Å²) in [6, 6.07) is 8.27. The van der Waals surface area contributed by atoms with Gasteiger partial charge in [-0.2, -0.15) is 0 Å². The van der Waals surface area contributed by atoms with Gasteiger partial charge in [0, 0.05) is 6.54 Å². The van der Waals surface area contributed by atoms with Gasteiger partial charge >= 0.3 is 5.97 Å². The van der Waals surface area contributed by atoms with Crippen LogP contribution >= 0.6 is 0 Å². The number of carbonyl (C=O) groups is 1. The van der Waals surface area contributed by atoms with Gasteiger partial charge in [-0.05, 0) is 48.7 Å². The van der Waals surface area contributed by atoms with Gasteiger partial charge in [-0.25, -0.2) is 0 Å². The number of hydrogen-bond donors (Lipinski definition) is 2. The molecule has 1 aliphatic heterocycles. The summed E-state index contributed by atoms with van der Waals surface area (Å²) in [5, 5.41) is 12.7. The molecule has 0 aliphatic carbocycles. The van der Waals surface area contributed by atoms with Gasteiger partial charge in [0.15, 0.2) is 23.0 Å². The largest absolute Gasteiger partial charge is 0.493 e. The zero-order valence-corrected chi connectivity index (χ0v) is 16.7. The standard InChI is InChI=1S/C21H25NO7/c1-4-27-20-18(25-2)9-14(10-19(20)26-3)11-22-15(21(23)24)7-13-5-6-16-17(8-13)29-12-28-16/h5-6,8-10,15,22H,4,7,11-12H2,1-3H3,(H,23,24). The SMILES string of the molecule is CCOc1c(OC)cc(CNC(Cc2ccc3c(c2)OCO3)C(=O)O)cc1OC. The Kier molecular flexibility index (Phi) is 6.66. The zero-order chi connectivity index (χ0) is 20.8. The molecule has 156 valence electrons. The first-order valence-electron chi connectivity index (χ1n) is 9.28. The van der Waals surface area contributed by atoms with Crippen LogP contribution in [0.2, 0.25) is 0 Å². The van der Waals surface area contributed by atoms with E-state index in [0.29, 0.717) is 48.3 Å². The topological polar surface area (TPSA) is 95.5 Å². The number of rotatable bonds is 10. The molecule has 0 aromatic heterocycles. The molecule has 1 unspecified atom stereocenters. The number of ether oxygens (including phenoxy) is 5. The molecule has 0 bridgehead atoms. The molecule has 2 aromatic rings. The average Bonchev–Trinajstić information content (AvgIpc) is 3.19. The predicted molar refractivity (Wildman–Crippen MR) is 105 cm³/mol. The van der Waals surface area contributed by atoms with Crippen molar-refractivity contribution < 1.29 is 33.6 Å². The van der Waals surface area contributed by atoms with E-state index in [4.69, 9.17) is 23.7 Å². The van der Waals surface area contributed by atoms with E-state index in [-0.39, 0.29) is 6.79 Å². The Labute approximate surface area is 169 Å². The summed E-state index contributed by atoms with van der Waals surface area (Å²) in [5.41, 5.74) is 1.66. The maximum absolute atomic E-state index is 11.8. The highest BCUT2D eigenvalue weighted by atomic mass is 16.7. The monoisotopic (exact) mass is 403 g/mol. The zero-order valence-electron chi connectivity index (χ0n) is 16.7. The van der Waals surface area contributed by atoms with Crippen LogP contribution in [0.15, 0.2) is 30.3 Å². The molecule has 1 atom stereocenters. The normalized spacial score (nSPS) is 13.1. The summed E-state index contributed by atoms with van der Waals surface area (Å²) >= 11 is 0. The van der Waals surface area contributed by atoms with Crippen molar-refractivity contribution in [2.45, 2.75) is 25.9 Å². The fraction of sp³-hybridized carbons (Fsp3) is 0.381. The highest BCUT2D eigenvalue weighted by molar-refractivity contribution is 5.74. The van der Waals surface area contributed by atoms with E-state index >= 15 is 0 Å². The van der Waals surface area contributed by atoms with Crippen molar-refractivity contribution in [3.63, 3.8) is 0 Å². The highest BCUT2D eigenvalue weighted by Crippen LogP contribution is 2.38. The Morgan fingerprint density at radius 1 is 1.10 bits per heavy atom. The van der Waals surface area contributed by atoms with Crippen LogP contribution in [-0.2, 0) is 17.8 Å². The Bertz CT molecular complexity index is 843. The molecule has 0 radical (unpaired) electrons. The summed E-state index contributed by atoms with van der Waals surface area (Å²) in [6.07, 6.45) is 0.303. The Balaban J connectivity index is 1.72. The molecule has 8 heteroatoms. The minimum absolute atomic E-state index is 0.181. The number of carboxylic acid groups (broad SMARTS) is 1. The molecule has 29 heavy (non-hydrogen) atoms. The first-order valence-corrected chi connectivity index (χ1v) is 9.28. The van der Waals surface area contributed by atoms with Crippen LogP contribution in [0.25, 0.3) is 0 Å². The van der Waals surface area contributed by atoms with Crippen molar-refractivity contribution in [3.05, 3.63) is 41.5 Å². The molecule has 2 N–H and O–H groups in total. The molecular weight excluding hydrogens is 378 g/mol. The van der Waals surface area contributed by atoms with Crippen molar-refractivity contribution >= 4 is 5.97 Å². The first kappa shape index (κ1) is 20.6. The number of methoxy groups -OCH3 is 2. The molecule has 0 fully saturated rings. The highest BCUT2D eigenvalue weighted by Gasteiger charge is 2.21. The van der Waals surface area contributed by atoms with Crippen molar-refractivity contribution in [2.24, 2.45) is 0 Å². The van der Waals surface area contributed by atoms with Crippen molar-refractivity contribution in [1.82, 2.24) is 5.32 Å². The smallest absolute Gasteiger partial charge is 0.321 e. The number of hydrogen-bond acceptors (Lipinski definition) is 7. The van der Waals surface area contributed by atoms with E-state index in [9.17, 15) is 9.90 Å². The van der Waals surface area contributed by atoms with Gasteiger partial charge < -0.3 is 34.1 Å². The summed E-state index contributed by atoms with van der Waals surface area (Å²) in [6.45, 7) is 2.85. The van der Waals surface area contributed by atoms with Gasteiger partial charge in [0.05, 0.1) is 20.8 Å².